The molecule has 0 fully saturated rings. The van der Waals surface area contributed by atoms with Crippen LogP contribution in [0.15, 0.2) is 35.4 Å². The number of halogens is 1. The van der Waals surface area contributed by atoms with Crippen LogP contribution in [0.1, 0.15) is 25.3 Å². The van der Waals surface area contributed by atoms with E-state index in [0.29, 0.717) is 0 Å². The van der Waals surface area contributed by atoms with Gasteiger partial charge in [-0.25, -0.2) is 0 Å². The summed E-state index contributed by atoms with van der Waals surface area (Å²) in [5.41, 5.74) is 6.93. The summed E-state index contributed by atoms with van der Waals surface area (Å²) in [6, 6.07) is 10.2. The Morgan fingerprint density at radius 1 is 1.43 bits per heavy atom. The van der Waals surface area contributed by atoms with Gasteiger partial charge in [0.15, 0.2) is 0 Å². The highest BCUT2D eigenvalue weighted by Crippen LogP contribution is 2.15. The van der Waals surface area contributed by atoms with Crippen molar-refractivity contribution in [3.63, 3.8) is 0 Å². The Bertz CT molecular complexity index is 292. The van der Waals surface area contributed by atoms with Crippen LogP contribution in [0.5, 0.6) is 0 Å². The molecule has 2 N–H and O–H groups in total. The molecule has 1 atom stereocenters. The Kier molecular flexibility index (Phi) is 4.71. The van der Waals surface area contributed by atoms with Crippen molar-refractivity contribution in [2.45, 2.75) is 25.8 Å². The van der Waals surface area contributed by atoms with Gasteiger partial charge in [-0.05, 0) is 24.5 Å². The van der Waals surface area contributed by atoms with Gasteiger partial charge in [-0.3, -0.25) is 0 Å². The lowest BCUT2D eigenvalue weighted by Crippen LogP contribution is -2.17. The van der Waals surface area contributed by atoms with Gasteiger partial charge in [0.1, 0.15) is 0 Å². The molecule has 0 amide bonds. The Balaban J connectivity index is 2.60. The predicted octanol–water partition coefficient (Wildman–Crippen LogP) is 3.39. The minimum atomic E-state index is 0.169. The highest BCUT2D eigenvalue weighted by Gasteiger charge is 2.01. The fourth-order valence-electron chi connectivity index (χ4n) is 1.18. The lowest BCUT2D eigenvalue weighted by molar-refractivity contribution is 0.656. The molecule has 14 heavy (non-hydrogen) atoms. The third kappa shape index (κ3) is 3.95. The van der Waals surface area contributed by atoms with Gasteiger partial charge in [-0.15, -0.1) is 0 Å². The summed E-state index contributed by atoms with van der Waals surface area (Å²) in [5.74, 6) is 0. The summed E-state index contributed by atoms with van der Waals surface area (Å²) >= 11 is 6.07. The van der Waals surface area contributed by atoms with Gasteiger partial charge in [0.05, 0.1) is 0 Å². The van der Waals surface area contributed by atoms with Gasteiger partial charge in [0.2, 0.25) is 0 Å². The average molecular weight is 210 g/mol. The molecule has 0 aliphatic carbocycles. The second-order valence-electron chi connectivity index (χ2n) is 3.37. The summed E-state index contributed by atoms with van der Waals surface area (Å²) < 4.78 is 0. The molecule has 0 saturated carbocycles. The third-order valence-electron chi connectivity index (χ3n) is 2.10. The predicted molar refractivity (Wildman–Crippen MR) is 63.2 cm³/mol. The molecule has 1 unspecified atom stereocenters. The van der Waals surface area contributed by atoms with Gasteiger partial charge in [0.25, 0.3) is 0 Å². The normalized spacial score (nSPS) is 14.1. The van der Waals surface area contributed by atoms with Crippen LogP contribution < -0.4 is 5.73 Å². The number of benzene rings is 1. The van der Waals surface area contributed by atoms with E-state index >= 15 is 0 Å². The van der Waals surface area contributed by atoms with Crippen molar-refractivity contribution in [1.29, 1.82) is 0 Å². The quantitative estimate of drug-likeness (QED) is 0.808. The van der Waals surface area contributed by atoms with Crippen molar-refractivity contribution in [2.75, 3.05) is 0 Å². The zero-order valence-electron chi connectivity index (χ0n) is 8.41. The molecule has 1 aromatic carbocycles. The van der Waals surface area contributed by atoms with Crippen LogP contribution in [-0.2, 0) is 0 Å². The summed E-state index contributed by atoms with van der Waals surface area (Å²) in [7, 11) is 0. The maximum absolute atomic E-state index is 6.07. The number of nitrogens with two attached hydrogens (primary N) is 1. The van der Waals surface area contributed by atoms with Gasteiger partial charge in [-0.1, -0.05) is 48.9 Å². The standard InChI is InChI=1S/C12H16ClN/c1-2-12(14)9-11(13)8-10-6-4-3-5-7-10/h3-8,12H,2,9,14H2,1H3/b11-8+. The molecule has 1 rings (SSSR count). The molecule has 1 aromatic rings. The van der Waals surface area contributed by atoms with Crippen LogP contribution in [-0.4, -0.2) is 6.04 Å². The largest absolute Gasteiger partial charge is 0.327 e. The molecule has 0 spiro atoms. The number of hydrogen-bond donors (Lipinski definition) is 1. The van der Waals surface area contributed by atoms with E-state index in [4.69, 9.17) is 17.3 Å². The van der Waals surface area contributed by atoms with Crippen molar-refractivity contribution in [1.82, 2.24) is 0 Å². The fraction of sp³-hybridized carbons (Fsp3) is 0.333. The zero-order chi connectivity index (χ0) is 10.4. The highest BCUT2D eigenvalue weighted by molar-refractivity contribution is 6.31. The Morgan fingerprint density at radius 2 is 2.07 bits per heavy atom. The van der Waals surface area contributed by atoms with Gasteiger partial charge in [-0.2, -0.15) is 0 Å². The van der Waals surface area contributed by atoms with Crippen molar-refractivity contribution in [3.05, 3.63) is 40.9 Å². The van der Waals surface area contributed by atoms with Crippen LogP contribution in [0.4, 0.5) is 0 Å². The maximum atomic E-state index is 6.07. The van der Waals surface area contributed by atoms with E-state index in [1.165, 1.54) is 0 Å². The van der Waals surface area contributed by atoms with Crippen LogP contribution in [0, 0.1) is 0 Å². The summed E-state index contributed by atoms with van der Waals surface area (Å²) in [5, 5.41) is 0.825. The Labute approximate surface area is 90.6 Å². The lowest BCUT2D eigenvalue weighted by Gasteiger charge is -2.06. The topological polar surface area (TPSA) is 26.0 Å². The Morgan fingerprint density at radius 3 is 2.64 bits per heavy atom. The van der Waals surface area contributed by atoms with E-state index in [0.717, 1.165) is 23.4 Å². The fourth-order valence-corrected chi connectivity index (χ4v) is 1.51. The molecular formula is C12H16ClN. The minimum absolute atomic E-state index is 0.169. The number of hydrogen-bond acceptors (Lipinski definition) is 1. The van der Waals surface area contributed by atoms with E-state index in [1.807, 2.05) is 36.4 Å². The van der Waals surface area contributed by atoms with Crippen LogP contribution in [0.3, 0.4) is 0 Å². The molecule has 0 aliphatic rings. The SMILES string of the molecule is CCC(N)C/C(Cl)=C\c1ccccc1. The maximum Gasteiger partial charge on any atom is 0.0202 e. The summed E-state index contributed by atoms with van der Waals surface area (Å²) in [6.07, 6.45) is 3.68. The molecule has 0 saturated heterocycles. The van der Waals surface area contributed by atoms with Crippen molar-refractivity contribution in [3.8, 4) is 0 Å². The summed E-state index contributed by atoms with van der Waals surface area (Å²) in [6.45, 7) is 2.07. The molecule has 0 radical (unpaired) electrons. The highest BCUT2D eigenvalue weighted by atomic mass is 35.5. The van der Waals surface area contributed by atoms with Crippen molar-refractivity contribution in [2.24, 2.45) is 5.73 Å². The van der Waals surface area contributed by atoms with Gasteiger partial charge in [0, 0.05) is 11.1 Å². The average Bonchev–Trinajstić information content (AvgIpc) is 2.19. The molecule has 76 valence electrons. The van der Waals surface area contributed by atoms with Gasteiger partial charge >= 0.3 is 0 Å². The van der Waals surface area contributed by atoms with E-state index in [2.05, 4.69) is 6.92 Å². The molecule has 0 aliphatic heterocycles. The van der Waals surface area contributed by atoms with Crippen molar-refractivity contribution < 1.29 is 0 Å². The first-order chi connectivity index (χ1) is 6.72. The van der Waals surface area contributed by atoms with E-state index in [-0.39, 0.29) is 6.04 Å². The third-order valence-corrected chi connectivity index (χ3v) is 2.37. The first-order valence-electron chi connectivity index (χ1n) is 4.89. The zero-order valence-corrected chi connectivity index (χ0v) is 9.17. The van der Waals surface area contributed by atoms with Crippen LogP contribution in [0.25, 0.3) is 6.08 Å². The molecular weight excluding hydrogens is 194 g/mol. The summed E-state index contributed by atoms with van der Waals surface area (Å²) in [4.78, 5) is 0. The second-order valence-corrected chi connectivity index (χ2v) is 3.86. The molecule has 1 nitrogen and oxygen atoms in total. The Hall–Kier alpha value is -0.790. The molecule has 0 bridgehead atoms. The second kappa shape index (κ2) is 5.84. The monoisotopic (exact) mass is 209 g/mol. The van der Waals surface area contributed by atoms with Crippen LogP contribution >= 0.6 is 11.6 Å². The van der Waals surface area contributed by atoms with Gasteiger partial charge < -0.3 is 5.73 Å². The lowest BCUT2D eigenvalue weighted by atomic mass is 10.1. The van der Waals surface area contributed by atoms with E-state index < -0.39 is 0 Å². The minimum Gasteiger partial charge on any atom is -0.327 e. The van der Waals surface area contributed by atoms with E-state index in [1.54, 1.807) is 0 Å². The van der Waals surface area contributed by atoms with E-state index in [9.17, 15) is 0 Å². The van der Waals surface area contributed by atoms with Crippen LogP contribution in [0.2, 0.25) is 0 Å². The first kappa shape index (κ1) is 11.3. The smallest absolute Gasteiger partial charge is 0.0202 e. The first-order valence-corrected chi connectivity index (χ1v) is 5.27. The number of rotatable bonds is 4. The molecule has 0 aromatic heterocycles. The van der Waals surface area contributed by atoms with Crippen molar-refractivity contribution >= 4 is 17.7 Å². The molecule has 2 heteroatoms. The molecule has 0 heterocycles.